The number of benzene rings is 1. The normalized spacial score (nSPS) is 15.6. The summed E-state index contributed by atoms with van der Waals surface area (Å²) in [4.78, 5) is 0. The van der Waals surface area contributed by atoms with E-state index in [0.29, 0.717) is 0 Å². The fourth-order valence-electron chi connectivity index (χ4n) is 2.26. The molecular formula is C20H33N. The van der Waals surface area contributed by atoms with Crippen molar-refractivity contribution < 1.29 is 0 Å². The van der Waals surface area contributed by atoms with E-state index in [4.69, 9.17) is 0 Å². The van der Waals surface area contributed by atoms with Crippen LogP contribution in [0, 0.1) is 5.41 Å². The van der Waals surface area contributed by atoms with E-state index in [0.717, 1.165) is 13.0 Å². The van der Waals surface area contributed by atoms with Crippen molar-refractivity contribution in [3.8, 4) is 0 Å². The van der Waals surface area contributed by atoms with Gasteiger partial charge in [-0.1, -0.05) is 58.0 Å². The minimum Gasteiger partial charge on any atom is -0.311 e. The molecule has 0 fully saturated rings. The Labute approximate surface area is 131 Å². The van der Waals surface area contributed by atoms with E-state index in [2.05, 4.69) is 90.7 Å². The summed E-state index contributed by atoms with van der Waals surface area (Å²) in [6.45, 7) is 20.6. The van der Waals surface area contributed by atoms with Gasteiger partial charge in [-0.3, -0.25) is 0 Å². The second kappa shape index (κ2) is 6.36. The second-order valence-electron chi connectivity index (χ2n) is 8.59. The van der Waals surface area contributed by atoms with Crippen LogP contribution in [0.2, 0.25) is 0 Å². The van der Waals surface area contributed by atoms with E-state index in [1.165, 1.54) is 11.1 Å². The van der Waals surface area contributed by atoms with Gasteiger partial charge in [0.2, 0.25) is 0 Å². The molecule has 1 N–H and O–H groups in total. The molecule has 21 heavy (non-hydrogen) atoms. The summed E-state index contributed by atoms with van der Waals surface area (Å²) in [7, 11) is 0. The average Bonchev–Trinajstić information content (AvgIpc) is 2.35. The average molecular weight is 287 g/mol. The summed E-state index contributed by atoms with van der Waals surface area (Å²) in [6, 6.07) is 9.05. The van der Waals surface area contributed by atoms with Crippen molar-refractivity contribution in [2.24, 2.45) is 5.41 Å². The van der Waals surface area contributed by atoms with E-state index >= 15 is 0 Å². The van der Waals surface area contributed by atoms with Gasteiger partial charge < -0.3 is 5.32 Å². The fraction of sp³-hybridized carbons (Fsp3) is 0.600. The molecule has 0 aliphatic rings. The summed E-state index contributed by atoms with van der Waals surface area (Å²) in [5, 5.41) is 3.60. The molecule has 1 aromatic carbocycles. The first-order valence-electron chi connectivity index (χ1n) is 7.93. The number of rotatable bonds is 5. The van der Waals surface area contributed by atoms with Gasteiger partial charge in [0.15, 0.2) is 0 Å². The first-order chi connectivity index (χ1) is 9.45. The molecule has 0 aliphatic heterocycles. The Morgan fingerprint density at radius 1 is 0.952 bits per heavy atom. The molecule has 1 rings (SSSR count). The molecule has 0 amide bonds. The molecule has 0 aliphatic carbocycles. The molecule has 0 spiro atoms. The van der Waals surface area contributed by atoms with Crippen molar-refractivity contribution in [3.63, 3.8) is 0 Å². The molecule has 0 heterocycles. The van der Waals surface area contributed by atoms with E-state index < -0.39 is 0 Å². The Bertz CT molecular complexity index is 456. The van der Waals surface area contributed by atoms with Gasteiger partial charge in [0.1, 0.15) is 0 Å². The van der Waals surface area contributed by atoms with Gasteiger partial charge in [-0.25, -0.2) is 0 Å². The number of hydrogen-bond donors (Lipinski definition) is 1. The SMILES string of the molecule is C=CC(C)(CNC(C)(C)C)Cc1ccc(C(C)(C)C)cc1. The predicted octanol–water partition coefficient (Wildman–Crippen LogP) is 5.11. The van der Waals surface area contributed by atoms with Gasteiger partial charge in [-0.2, -0.15) is 0 Å². The Balaban J connectivity index is 2.79. The fourth-order valence-corrected chi connectivity index (χ4v) is 2.26. The minimum atomic E-state index is 0.0799. The zero-order valence-electron chi connectivity index (χ0n) is 15.0. The van der Waals surface area contributed by atoms with Crippen LogP contribution >= 0.6 is 0 Å². The maximum absolute atomic E-state index is 4.05. The third-order valence-electron chi connectivity index (χ3n) is 3.94. The van der Waals surface area contributed by atoms with Crippen molar-refractivity contribution in [3.05, 3.63) is 48.0 Å². The quantitative estimate of drug-likeness (QED) is 0.742. The largest absolute Gasteiger partial charge is 0.311 e. The zero-order valence-corrected chi connectivity index (χ0v) is 15.0. The summed E-state index contributed by atoms with van der Waals surface area (Å²) in [6.07, 6.45) is 3.10. The Morgan fingerprint density at radius 3 is 1.86 bits per heavy atom. The molecule has 0 saturated carbocycles. The maximum atomic E-state index is 4.05. The molecule has 0 bridgehead atoms. The zero-order chi connectivity index (χ0) is 16.3. The molecule has 118 valence electrons. The van der Waals surface area contributed by atoms with Crippen LogP contribution in [0.4, 0.5) is 0 Å². The third kappa shape index (κ3) is 6.05. The summed E-state index contributed by atoms with van der Waals surface area (Å²) < 4.78 is 0. The highest BCUT2D eigenvalue weighted by Crippen LogP contribution is 2.27. The van der Waals surface area contributed by atoms with Crippen LogP contribution in [0.25, 0.3) is 0 Å². The van der Waals surface area contributed by atoms with E-state index in [9.17, 15) is 0 Å². The van der Waals surface area contributed by atoms with Crippen molar-refractivity contribution in [2.75, 3.05) is 6.54 Å². The first kappa shape index (κ1) is 18.0. The van der Waals surface area contributed by atoms with E-state index in [1.54, 1.807) is 0 Å². The van der Waals surface area contributed by atoms with Gasteiger partial charge in [0, 0.05) is 17.5 Å². The predicted molar refractivity (Wildman–Crippen MR) is 94.9 cm³/mol. The lowest BCUT2D eigenvalue weighted by Crippen LogP contribution is -2.43. The lowest BCUT2D eigenvalue weighted by atomic mass is 9.81. The molecule has 1 atom stereocenters. The Kier molecular flexibility index (Phi) is 5.44. The van der Waals surface area contributed by atoms with Crippen molar-refractivity contribution in [2.45, 2.75) is 65.8 Å². The molecule has 0 aromatic heterocycles. The Hall–Kier alpha value is -1.08. The molecule has 1 heteroatoms. The van der Waals surface area contributed by atoms with Gasteiger partial charge in [-0.05, 0) is 43.7 Å². The van der Waals surface area contributed by atoms with Crippen LogP contribution in [-0.4, -0.2) is 12.1 Å². The van der Waals surface area contributed by atoms with Gasteiger partial charge in [0.25, 0.3) is 0 Å². The van der Waals surface area contributed by atoms with Gasteiger partial charge in [-0.15, -0.1) is 6.58 Å². The number of nitrogens with one attached hydrogen (secondary N) is 1. The van der Waals surface area contributed by atoms with E-state index in [-0.39, 0.29) is 16.4 Å². The molecule has 1 aromatic rings. The molecular weight excluding hydrogens is 254 g/mol. The summed E-state index contributed by atoms with van der Waals surface area (Å²) in [5.41, 5.74) is 3.20. The summed E-state index contributed by atoms with van der Waals surface area (Å²) in [5.74, 6) is 0. The van der Waals surface area contributed by atoms with Gasteiger partial charge in [0.05, 0.1) is 0 Å². The molecule has 1 nitrogen and oxygen atoms in total. The smallest absolute Gasteiger partial charge is 0.00968 e. The third-order valence-corrected chi connectivity index (χ3v) is 3.94. The summed E-state index contributed by atoms with van der Waals surface area (Å²) >= 11 is 0. The second-order valence-corrected chi connectivity index (χ2v) is 8.59. The topological polar surface area (TPSA) is 12.0 Å². The lowest BCUT2D eigenvalue weighted by Gasteiger charge is -2.31. The first-order valence-corrected chi connectivity index (χ1v) is 7.93. The molecule has 0 saturated heterocycles. The highest BCUT2D eigenvalue weighted by Gasteiger charge is 2.23. The van der Waals surface area contributed by atoms with Crippen LogP contribution in [0.5, 0.6) is 0 Å². The minimum absolute atomic E-state index is 0.0799. The van der Waals surface area contributed by atoms with E-state index in [1.807, 2.05) is 0 Å². The van der Waals surface area contributed by atoms with Crippen LogP contribution in [0.3, 0.4) is 0 Å². The molecule has 1 unspecified atom stereocenters. The van der Waals surface area contributed by atoms with Gasteiger partial charge >= 0.3 is 0 Å². The van der Waals surface area contributed by atoms with Crippen LogP contribution in [-0.2, 0) is 11.8 Å². The van der Waals surface area contributed by atoms with Crippen LogP contribution in [0.15, 0.2) is 36.9 Å². The Morgan fingerprint density at radius 2 is 1.48 bits per heavy atom. The highest BCUT2D eigenvalue weighted by atomic mass is 15.0. The molecule has 0 radical (unpaired) electrons. The van der Waals surface area contributed by atoms with Crippen LogP contribution < -0.4 is 5.32 Å². The standard InChI is InChI=1S/C20H33N/c1-9-20(8,15-21-19(5,6)7)14-16-10-12-17(13-11-16)18(2,3)4/h9-13,21H,1,14-15H2,2-8H3. The van der Waals surface area contributed by atoms with Crippen LogP contribution in [0.1, 0.15) is 59.6 Å². The maximum Gasteiger partial charge on any atom is 0.00968 e. The monoisotopic (exact) mass is 287 g/mol. The van der Waals surface area contributed by atoms with Crippen molar-refractivity contribution >= 4 is 0 Å². The highest BCUT2D eigenvalue weighted by molar-refractivity contribution is 5.28. The van der Waals surface area contributed by atoms with Crippen molar-refractivity contribution in [1.29, 1.82) is 0 Å². The van der Waals surface area contributed by atoms with Crippen molar-refractivity contribution in [1.82, 2.24) is 5.32 Å². The lowest BCUT2D eigenvalue weighted by molar-refractivity contribution is 0.322. The number of hydrogen-bond acceptors (Lipinski definition) is 1.